The first-order valence-electron chi connectivity index (χ1n) is 6.60. The van der Waals surface area contributed by atoms with Gasteiger partial charge in [-0.1, -0.05) is 12.1 Å². The van der Waals surface area contributed by atoms with Crippen LogP contribution in [0.25, 0.3) is 5.65 Å². The number of imidazole rings is 1. The molecule has 0 aliphatic rings. The lowest BCUT2D eigenvalue weighted by molar-refractivity contribution is -0.115. The number of nitrogens with one attached hydrogen (secondary N) is 1. The van der Waals surface area contributed by atoms with Crippen LogP contribution in [0.15, 0.2) is 55.0 Å². The number of amides is 1. The molecule has 5 nitrogen and oxygen atoms in total. The second-order valence-electron chi connectivity index (χ2n) is 4.68. The molecule has 0 radical (unpaired) electrons. The molecule has 5 heteroatoms. The monoisotopic (exact) mass is 281 g/mol. The van der Waals surface area contributed by atoms with Crippen molar-refractivity contribution in [2.75, 3.05) is 12.4 Å². The third-order valence-corrected chi connectivity index (χ3v) is 3.20. The van der Waals surface area contributed by atoms with Crippen LogP contribution in [0, 0.1) is 0 Å². The van der Waals surface area contributed by atoms with Gasteiger partial charge in [-0.2, -0.15) is 0 Å². The van der Waals surface area contributed by atoms with Gasteiger partial charge >= 0.3 is 0 Å². The maximum Gasteiger partial charge on any atom is 0.228 e. The number of hydrogen-bond acceptors (Lipinski definition) is 3. The van der Waals surface area contributed by atoms with Crippen molar-refractivity contribution in [3.63, 3.8) is 0 Å². The molecule has 0 saturated heterocycles. The fourth-order valence-corrected chi connectivity index (χ4v) is 2.13. The fraction of sp³-hybridized carbons (Fsp3) is 0.125. The van der Waals surface area contributed by atoms with Crippen LogP contribution in [0.5, 0.6) is 5.75 Å². The zero-order valence-electron chi connectivity index (χ0n) is 11.6. The van der Waals surface area contributed by atoms with Crippen LogP contribution in [-0.2, 0) is 11.2 Å². The van der Waals surface area contributed by atoms with Crippen molar-refractivity contribution in [2.24, 2.45) is 0 Å². The predicted molar refractivity (Wildman–Crippen MR) is 80.5 cm³/mol. The first kappa shape index (κ1) is 13.2. The molecule has 0 aliphatic heterocycles. The minimum Gasteiger partial charge on any atom is -0.497 e. The van der Waals surface area contributed by atoms with Crippen molar-refractivity contribution in [1.82, 2.24) is 9.38 Å². The molecule has 2 aromatic heterocycles. The number of ether oxygens (including phenoxy) is 1. The molecule has 0 bridgehead atoms. The zero-order chi connectivity index (χ0) is 14.7. The van der Waals surface area contributed by atoms with Crippen molar-refractivity contribution in [2.45, 2.75) is 6.42 Å². The highest BCUT2D eigenvalue weighted by atomic mass is 16.5. The molecule has 2 heterocycles. The second kappa shape index (κ2) is 5.66. The summed E-state index contributed by atoms with van der Waals surface area (Å²) in [5, 5.41) is 2.88. The number of hydrogen-bond donors (Lipinski definition) is 1. The van der Waals surface area contributed by atoms with Gasteiger partial charge in [0, 0.05) is 18.6 Å². The van der Waals surface area contributed by atoms with Crippen LogP contribution in [-0.4, -0.2) is 22.4 Å². The summed E-state index contributed by atoms with van der Waals surface area (Å²) in [6.07, 6.45) is 5.73. The number of aromatic nitrogens is 2. The number of benzene rings is 1. The van der Waals surface area contributed by atoms with Crippen molar-refractivity contribution in [1.29, 1.82) is 0 Å². The van der Waals surface area contributed by atoms with Gasteiger partial charge in [-0.05, 0) is 29.8 Å². The Morgan fingerprint density at radius 1 is 1.24 bits per heavy atom. The van der Waals surface area contributed by atoms with Crippen molar-refractivity contribution < 1.29 is 9.53 Å². The number of methoxy groups -OCH3 is 1. The molecular weight excluding hydrogens is 266 g/mol. The van der Waals surface area contributed by atoms with E-state index in [4.69, 9.17) is 4.74 Å². The first-order valence-corrected chi connectivity index (χ1v) is 6.60. The molecule has 1 N–H and O–H groups in total. The van der Waals surface area contributed by atoms with E-state index >= 15 is 0 Å². The van der Waals surface area contributed by atoms with Crippen LogP contribution in [0.4, 0.5) is 5.69 Å². The SMILES string of the molecule is COc1ccc(CC(=O)Nc2ccc3nccn3c2)cc1. The van der Waals surface area contributed by atoms with Crippen molar-refractivity contribution in [3.05, 3.63) is 60.6 Å². The number of rotatable bonds is 4. The van der Waals surface area contributed by atoms with Gasteiger partial charge in [0.1, 0.15) is 11.4 Å². The molecular formula is C16H15N3O2. The van der Waals surface area contributed by atoms with Crippen LogP contribution >= 0.6 is 0 Å². The smallest absolute Gasteiger partial charge is 0.228 e. The largest absolute Gasteiger partial charge is 0.497 e. The Labute approximate surface area is 122 Å². The highest BCUT2D eigenvalue weighted by Crippen LogP contribution is 2.13. The molecule has 106 valence electrons. The van der Waals surface area contributed by atoms with Gasteiger partial charge in [-0.3, -0.25) is 4.79 Å². The summed E-state index contributed by atoms with van der Waals surface area (Å²) in [6.45, 7) is 0. The molecule has 0 aliphatic carbocycles. The standard InChI is InChI=1S/C16H15N3O2/c1-21-14-5-2-12(3-6-14)10-16(20)18-13-4-7-15-17-8-9-19(15)11-13/h2-9,11H,10H2,1H3,(H,18,20). The van der Waals surface area contributed by atoms with Gasteiger partial charge in [0.25, 0.3) is 0 Å². The highest BCUT2D eigenvalue weighted by Gasteiger charge is 2.05. The normalized spacial score (nSPS) is 10.5. The molecule has 0 fully saturated rings. The molecule has 0 spiro atoms. The summed E-state index contributed by atoms with van der Waals surface area (Å²) >= 11 is 0. The summed E-state index contributed by atoms with van der Waals surface area (Å²) in [5.74, 6) is 0.726. The Balaban J connectivity index is 1.67. The molecule has 1 aromatic carbocycles. The minimum atomic E-state index is -0.0559. The number of pyridine rings is 1. The highest BCUT2D eigenvalue weighted by molar-refractivity contribution is 5.92. The number of carbonyl (C=O) groups is 1. The van der Waals surface area contributed by atoms with Crippen molar-refractivity contribution in [3.8, 4) is 5.75 Å². The van der Waals surface area contributed by atoms with E-state index in [0.717, 1.165) is 22.6 Å². The Bertz CT molecular complexity index is 763. The average molecular weight is 281 g/mol. The molecule has 21 heavy (non-hydrogen) atoms. The third-order valence-electron chi connectivity index (χ3n) is 3.20. The number of anilines is 1. The maximum atomic E-state index is 12.0. The predicted octanol–water partition coefficient (Wildman–Crippen LogP) is 2.52. The number of carbonyl (C=O) groups excluding carboxylic acids is 1. The topological polar surface area (TPSA) is 55.6 Å². The summed E-state index contributed by atoms with van der Waals surface area (Å²) in [7, 11) is 1.62. The molecule has 0 saturated carbocycles. The molecule has 1 amide bonds. The number of fused-ring (bicyclic) bond motifs is 1. The Morgan fingerprint density at radius 3 is 2.81 bits per heavy atom. The molecule has 3 aromatic rings. The van der Waals surface area contributed by atoms with Gasteiger partial charge in [0.2, 0.25) is 5.91 Å². The Hall–Kier alpha value is -2.82. The summed E-state index contributed by atoms with van der Waals surface area (Å²) in [5.41, 5.74) is 2.54. The lowest BCUT2D eigenvalue weighted by Crippen LogP contribution is -2.14. The van der Waals surface area contributed by atoms with E-state index in [2.05, 4.69) is 10.3 Å². The average Bonchev–Trinajstić information content (AvgIpc) is 2.95. The summed E-state index contributed by atoms with van der Waals surface area (Å²) < 4.78 is 6.96. The second-order valence-corrected chi connectivity index (χ2v) is 4.68. The van der Waals surface area contributed by atoms with E-state index in [1.54, 1.807) is 13.3 Å². The first-order chi connectivity index (χ1) is 10.2. The fourth-order valence-electron chi connectivity index (χ4n) is 2.13. The van der Waals surface area contributed by atoms with Crippen LogP contribution in [0.1, 0.15) is 5.56 Å². The summed E-state index contributed by atoms with van der Waals surface area (Å²) in [6, 6.07) is 11.2. The molecule has 0 atom stereocenters. The van der Waals surface area contributed by atoms with Gasteiger partial charge in [-0.25, -0.2) is 4.98 Å². The lowest BCUT2D eigenvalue weighted by atomic mass is 10.1. The van der Waals surface area contributed by atoms with Crippen LogP contribution in [0.2, 0.25) is 0 Å². The van der Waals surface area contributed by atoms with Gasteiger partial charge in [0.05, 0.1) is 19.2 Å². The summed E-state index contributed by atoms with van der Waals surface area (Å²) in [4.78, 5) is 16.2. The van der Waals surface area contributed by atoms with E-state index in [9.17, 15) is 4.79 Å². The Kier molecular flexibility index (Phi) is 3.55. The van der Waals surface area contributed by atoms with Crippen LogP contribution < -0.4 is 10.1 Å². The number of nitrogens with zero attached hydrogens (tertiary/aromatic N) is 2. The van der Waals surface area contributed by atoms with E-state index in [1.165, 1.54) is 0 Å². The molecule has 0 unspecified atom stereocenters. The third kappa shape index (κ3) is 3.02. The van der Waals surface area contributed by atoms with Gasteiger partial charge < -0.3 is 14.5 Å². The van der Waals surface area contributed by atoms with Gasteiger partial charge in [0.15, 0.2) is 0 Å². The van der Waals surface area contributed by atoms with Crippen LogP contribution in [0.3, 0.4) is 0 Å². The zero-order valence-corrected chi connectivity index (χ0v) is 11.6. The van der Waals surface area contributed by atoms with Gasteiger partial charge in [-0.15, -0.1) is 0 Å². The maximum absolute atomic E-state index is 12.0. The van der Waals surface area contributed by atoms with E-state index in [0.29, 0.717) is 6.42 Å². The quantitative estimate of drug-likeness (QED) is 0.799. The Morgan fingerprint density at radius 2 is 2.05 bits per heavy atom. The van der Waals surface area contributed by atoms with E-state index in [-0.39, 0.29) is 5.91 Å². The molecule has 3 rings (SSSR count). The van der Waals surface area contributed by atoms with Crippen molar-refractivity contribution >= 4 is 17.2 Å². The lowest BCUT2D eigenvalue weighted by Gasteiger charge is -2.06. The minimum absolute atomic E-state index is 0.0559. The van der Waals surface area contributed by atoms with E-state index in [1.807, 2.05) is 53.2 Å². The van der Waals surface area contributed by atoms with E-state index < -0.39 is 0 Å².